The second kappa shape index (κ2) is 7.25. The summed E-state index contributed by atoms with van der Waals surface area (Å²) in [5.74, 6) is 1.47. The first-order valence-corrected chi connectivity index (χ1v) is 8.67. The molecule has 1 heterocycles. The molecule has 25 heavy (non-hydrogen) atoms. The first kappa shape index (κ1) is 17.5. The molecule has 0 atom stereocenters. The van der Waals surface area contributed by atoms with Crippen molar-refractivity contribution in [3.8, 4) is 0 Å². The topological polar surface area (TPSA) is 62.5 Å². The van der Waals surface area contributed by atoms with E-state index in [-0.39, 0.29) is 11.2 Å². The Labute approximate surface area is 147 Å². The lowest BCUT2D eigenvalue weighted by molar-refractivity contribution is 0.392. The fraction of sp³-hybridized carbons (Fsp3) is 0.474. The van der Waals surface area contributed by atoms with Crippen molar-refractivity contribution in [3.05, 3.63) is 52.7 Å². The lowest BCUT2D eigenvalue weighted by atomic mass is 9.95. The minimum atomic E-state index is -0.122. The van der Waals surface area contributed by atoms with Gasteiger partial charge in [-0.2, -0.15) is 0 Å². The third-order valence-corrected chi connectivity index (χ3v) is 4.97. The number of aliphatic imine (C=N–C) groups is 1. The molecule has 134 valence electrons. The molecule has 1 aliphatic rings. The summed E-state index contributed by atoms with van der Waals surface area (Å²) in [6, 6.07) is 7.05. The molecule has 0 saturated heterocycles. The van der Waals surface area contributed by atoms with Crippen molar-refractivity contribution in [2.75, 3.05) is 20.1 Å². The minimum Gasteiger partial charge on any atom is -0.361 e. The van der Waals surface area contributed by atoms with Crippen LogP contribution in [0.25, 0.3) is 0 Å². The fourth-order valence-electron chi connectivity index (χ4n) is 3.22. The second-order valence-electron chi connectivity index (χ2n) is 6.67. The lowest BCUT2D eigenvalue weighted by Crippen LogP contribution is -2.42. The molecule has 0 radical (unpaired) electrons. The van der Waals surface area contributed by atoms with Gasteiger partial charge in [-0.25, -0.2) is 4.39 Å². The smallest absolute Gasteiger partial charge is 0.191 e. The van der Waals surface area contributed by atoms with Crippen molar-refractivity contribution in [1.82, 2.24) is 15.8 Å². The molecule has 1 aromatic heterocycles. The normalized spacial score (nSPS) is 15.9. The molecule has 3 rings (SSSR count). The number of nitrogens with zero attached hydrogens (tertiary/aromatic N) is 2. The summed E-state index contributed by atoms with van der Waals surface area (Å²) in [6.45, 7) is 5.28. The predicted molar refractivity (Wildman–Crippen MR) is 96.4 cm³/mol. The Morgan fingerprint density at radius 3 is 2.64 bits per heavy atom. The molecule has 5 nitrogen and oxygen atoms in total. The van der Waals surface area contributed by atoms with Crippen LogP contribution in [0.5, 0.6) is 0 Å². The zero-order valence-corrected chi connectivity index (χ0v) is 15.0. The van der Waals surface area contributed by atoms with Crippen molar-refractivity contribution >= 4 is 5.96 Å². The number of aromatic nitrogens is 1. The van der Waals surface area contributed by atoms with E-state index in [1.807, 2.05) is 26.0 Å². The number of aryl methyl sites for hydroxylation is 2. The summed E-state index contributed by atoms with van der Waals surface area (Å²) in [5.41, 5.74) is 2.75. The van der Waals surface area contributed by atoms with Gasteiger partial charge in [0.05, 0.1) is 5.69 Å². The molecule has 6 heteroatoms. The largest absolute Gasteiger partial charge is 0.361 e. The molecular weight excluding hydrogens is 319 g/mol. The van der Waals surface area contributed by atoms with Gasteiger partial charge in [0, 0.05) is 31.1 Å². The minimum absolute atomic E-state index is 0.107. The Hall–Kier alpha value is -2.37. The number of hydrogen-bond acceptors (Lipinski definition) is 3. The van der Waals surface area contributed by atoms with Crippen LogP contribution in [0.3, 0.4) is 0 Å². The Morgan fingerprint density at radius 2 is 2.04 bits per heavy atom. The van der Waals surface area contributed by atoms with Gasteiger partial charge in [-0.1, -0.05) is 23.4 Å². The Kier molecular flexibility index (Phi) is 5.06. The third-order valence-electron chi connectivity index (χ3n) is 4.97. The van der Waals surface area contributed by atoms with Crippen LogP contribution in [-0.2, 0) is 11.8 Å². The maximum absolute atomic E-state index is 14.1. The van der Waals surface area contributed by atoms with E-state index in [1.165, 1.54) is 6.07 Å². The molecule has 0 spiro atoms. The van der Waals surface area contributed by atoms with E-state index in [0.717, 1.165) is 54.3 Å². The highest BCUT2D eigenvalue weighted by Crippen LogP contribution is 2.48. The van der Waals surface area contributed by atoms with E-state index in [4.69, 9.17) is 4.52 Å². The van der Waals surface area contributed by atoms with Gasteiger partial charge >= 0.3 is 0 Å². The number of benzene rings is 1. The SMILES string of the molecule is CN=C(NCCc1c(C)noc1C)NCC1(c2ccccc2F)CC1. The van der Waals surface area contributed by atoms with E-state index in [0.29, 0.717) is 6.54 Å². The van der Waals surface area contributed by atoms with E-state index >= 15 is 0 Å². The van der Waals surface area contributed by atoms with Crippen LogP contribution in [0.1, 0.15) is 35.4 Å². The molecule has 2 aromatic rings. The van der Waals surface area contributed by atoms with E-state index in [1.54, 1.807) is 13.1 Å². The first-order valence-electron chi connectivity index (χ1n) is 8.67. The maximum Gasteiger partial charge on any atom is 0.191 e. The zero-order valence-electron chi connectivity index (χ0n) is 15.0. The van der Waals surface area contributed by atoms with Gasteiger partial charge < -0.3 is 15.2 Å². The van der Waals surface area contributed by atoms with Crippen LogP contribution in [0.15, 0.2) is 33.8 Å². The maximum atomic E-state index is 14.1. The Balaban J connectivity index is 1.53. The zero-order chi connectivity index (χ0) is 17.9. The summed E-state index contributed by atoms with van der Waals surface area (Å²) in [5, 5.41) is 10.6. The third kappa shape index (κ3) is 3.83. The number of nitrogens with one attached hydrogen (secondary N) is 2. The highest BCUT2D eigenvalue weighted by molar-refractivity contribution is 5.79. The monoisotopic (exact) mass is 344 g/mol. The number of hydrogen-bond donors (Lipinski definition) is 2. The quantitative estimate of drug-likeness (QED) is 0.625. The van der Waals surface area contributed by atoms with Crippen LogP contribution >= 0.6 is 0 Å². The van der Waals surface area contributed by atoms with Crippen molar-refractivity contribution < 1.29 is 8.91 Å². The summed E-state index contributed by atoms with van der Waals surface area (Å²) in [7, 11) is 1.74. The molecule has 1 fully saturated rings. The average Bonchev–Trinajstić information content (AvgIpc) is 3.33. The molecule has 0 bridgehead atoms. The fourth-order valence-corrected chi connectivity index (χ4v) is 3.22. The second-order valence-corrected chi connectivity index (χ2v) is 6.67. The van der Waals surface area contributed by atoms with Crippen molar-refractivity contribution in [1.29, 1.82) is 0 Å². The van der Waals surface area contributed by atoms with E-state index < -0.39 is 0 Å². The molecule has 1 aromatic carbocycles. The average molecular weight is 344 g/mol. The lowest BCUT2D eigenvalue weighted by Gasteiger charge is -2.19. The van der Waals surface area contributed by atoms with Gasteiger partial charge in [0.25, 0.3) is 0 Å². The highest BCUT2D eigenvalue weighted by Gasteiger charge is 2.45. The van der Waals surface area contributed by atoms with Crippen LogP contribution in [0.2, 0.25) is 0 Å². The standard InChI is InChI=1S/C19H25FN4O/c1-13-15(14(2)25-24-13)8-11-22-18(21-3)23-12-19(9-10-19)16-6-4-5-7-17(16)20/h4-7H,8-12H2,1-3H3,(H2,21,22,23). The summed E-state index contributed by atoms with van der Waals surface area (Å²) in [4.78, 5) is 4.26. The molecule has 2 N–H and O–H groups in total. The van der Waals surface area contributed by atoms with Gasteiger partial charge in [0.1, 0.15) is 11.6 Å². The van der Waals surface area contributed by atoms with Gasteiger partial charge in [0.15, 0.2) is 5.96 Å². The molecule has 1 aliphatic carbocycles. The van der Waals surface area contributed by atoms with Gasteiger partial charge in [-0.3, -0.25) is 4.99 Å². The molecular formula is C19H25FN4O. The summed E-state index contributed by atoms with van der Waals surface area (Å²) < 4.78 is 19.3. The molecule has 1 saturated carbocycles. The summed E-state index contributed by atoms with van der Waals surface area (Å²) >= 11 is 0. The van der Waals surface area contributed by atoms with Crippen LogP contribution in [-0.4, -0.2) is 31.3 Å². The number of rotatable bonds is 6. The Morgan fingerprint density at radius 1 is 1.28 bits per heavy atom. The number of halogens is 1. The van der Waals surface area contributed by atoms with Crippen molar-refractivity contribution in [2.45, 2.75) is 38.5 Å². The van der Waals surface area contributed by atoms with Crippen LogP contribution in [0, 0.1) is 19.7 Å². The van der Waals surface area contributed by atoms with Gasteiger partial charge in [0.2, 0.25) is 0 Å². The predicted octanol–water partition coefficient (Wildman–Crippen LogP) is 2.87. The molecule has 0 unspecified atom stereocenters. The van der Waals surface area contributed by atoms with Crippen LogP contribution < -0.4 is 10.6 Å². The van der Waals surface area contributed by atoms with Crippen LogP contribution in [0.4, 0.5) is 4.39 Å². The molecule has 0 aliphatic heterocycles. The first-order chi connectivity index (χ1) is 12.1. The van der Waals surface area contributed by atoms with E-state index in [2.05, 4.69) is 20.8 Å². The summed E-state index contributed by atoms with van der Waals surface area (Å²) in [6.07, 6.45) is 2.81. The molecule has 0 amide bonds. The number of guanidine groups is 1. The van der Waals surface area contributed by atoms with Gasteiger partial charge in [-0.05, 0) is 44.7 Å². The van der Waals surface area contributed by atoms with Crippen molar-refractivity contribution in [3.63, 3.8) is 0 Å². The Bertz CT molecular complexity index is 745. The highest BCUT2D eigenvalue weighted by atomic mass is 19.1. The van der Waals surface area contributed by atoms with E-state index in [9.17, 15) is 4.39 Å². The van der Waals surface area contributed by atoms with Crippen molar-refractivity contribution in [2.24, 2.45) is 4.99 Å². The van der Waals surface area contributed by atoms with Gasteiger partial charge in [-0.15, -0.1) is 0 Å².